The summed E-state index contributed by atoms with van der Waals surface area (Å²) in [5, 5.41) is 1.28. The number of aromatic amines is 1. The Morgan fingerprint density at radius 2 is 2.00 bits per heavy atom. The maximum absolute atomic E-state index is 12.3. The SMILES string of the molecule is CN1CC2c3[nH]c4ccccc4c3CC(C1=O)N2C. The summed E-state index contributed by atoms with van der Waals surface area (Å²) in [6.07, 6.45) is 0.815. The van der Waals surface area contributed by atoms with Crippen molar-refractivity contribution in [3.05, 3.63) is 35.5 Å². The monoisotopic (exact) mass is 255 g/mol. The van der Waals surface area contributed by atoms with Crippen LogP contribution in [-0.4, -0.2) is 47.4 Å². The van der Waals surface area contributed by atoms with Crippen molar-refractivity contribution in [2.24, 2.45) is 0 Å². The van der Waals surface area contributed by atoms with Crippen LogP contribution in [0, 0.1) is 0 Å². The smallest absolute Gasteiger partial charge is 0.240 e. The van der Waals surface area contributed by atoms with Crippen LogP contribution in [-0.2, 0) is 11.2 Å². The molecule has 4 heteroatoms. The number of carbonyl (C=O) groups is 1. The molecule has 19 heavy (non-hydrogen) atoms. The average Bonchev–Trinajstić information content (AvgIpc) is 2.77. The van der Waals surface area contributed by atoms with Crippen molar-refractivity contribution in [2.45, 2.75) is 18.5 Å². The van der Waals surface area contributed by atoms with Gasteiger partial charge in [-0.1, -0.05) is 18.2 Å². The molecule has 0 spiro atoms. The fraction of sp³-hybridized carbons (Fsp3) is 0.400. The first-order valence-corrected chi connectivity index (χ1v) is 6.73. The van der Waals surface area contributed by atoms with Gasteiger partial charge in [0.15, 0.2) is 0 Å². The van der Waals surface area contributed by atoms with Crippen molar-refractivity contribution >= 4 is 16.8 Å². The van der Waals surface area contributed by atoms with Crippen molar-refractivity contribution in [2.75, 3.05) is 20.6 Å². The van der Waals surface area contributed by atoms with E-state index in [1.54, 1.807) is 0 Å². The zero-order chi connectivity index (χ0) is 13.1. The number of piperazine rings is 1. The van der Waals surface area contributed by atoms with E-state index in [1.165, 1.54) is 22.2 Å². The summed E-state index contributed by atoms with van der Waals surface area (Å²) < 4.78 is 0. The van der Waals surface area contributed by atoms with Gasteiger partial charge in [-0.15, -0.1) is 0 Å². The second kappa shape index (κ2) is 3.61. The van der Waals surface area contributed by atoms with E-state index in [4.69, 9.17) is 0 Å². The normalized spacial score (nSPS) is 26.8. The number of likely N-dealkylation sites (N-methyl/N-ethyl adjacent to an activating group) is 2. The molecule has 0 saturated carbocycles. The van der Waals surface area contributed by atoms with Gasteiger partial charge in [-0.25, -0.2) is 0 Å². The average molecular weight is 255 g/mol. The van der Waals surface area contributed by atoms with E-state index in [0.29, 0.717) is 6.04 Å². The molecule has 2 aliphatic rings. The van der Waals surface area contributed by atoms with Crippen LogP contribution in [0.3, 0.4) is 0 Å². The topological polar surface area (TPSA) is 39.3 Å². The van der Waals surface area contributed by atoms with Crippen LogP contribution in [0.1, 0.15) is 17.3 Å². The molecular weight excluding hydrogens is 238 g/mol. The van der Waals surface area contributed by atoms with Gasteiger partial charge in [-0.3, -0.25) is 9.69 Å². The van der Waals surface area contributed by atoms with Crippen LogP contribution in [0.5, 0.6) is 0 Å². The summed E-state index contributed by atoms with van der Waals surface area (Å²) in [6, 6.07) is 8.68. The number of nitrogens with one attached hydrogen (secondary N) is 1. The Morgan fingerprint density at radius 3 is 2.84 bits per heavy atom. The lowest BCUT2D eigenvalue weighted by Crippen LogP contribution is -2.58. The van der Waals surface area contributed by atoms with Crippen LogP contribution >= 0.6 is 0 Å². The molecule has 2 aromatic rings. The molecule has 2 bridgehead atoms. The van der Waals surface area contributed by atoms with Crippen LogP contribution in [0.4, 0.5) is 0 Å². The Kier molecular flexibility index (Phi) is 2.10. The third kappa shape index (κ3) is 1.35. The molecule has 1 amide bonds. The number of hydrogen-bond donors (Lipinski definition) is 1. The van der Waals surface area contributed by atoms with Crippen molar-refractivity contribution in [3.8, 4) is 0 Å². The third-order valence-electron chi connectivity index (χ3n) is 4.67. The van der Waals surface area contributed by atoms with E-state index >= 15 is 0 Å². The molecule has 2 atom stereocenters. The van der Waals surface area contributed by atoms with Gasteiger partial charge in [0.2, 0.25) is 5.91 Å². The zero-order valence-electron chi connectivity index (χ0n) is 11.2. The van der Waals surface area contributed by atoms with E-state index in [2.05, 4.69) is 41.2 Å². The van der Waals surface area contributed by atoms with Gasteiger partial charge in [-0.2, -0.15) is 0 Å². The van der Waals surface area contributed by atoms with Crippen LogP contribution < -0.4 is 0 Å². The largest absolute Gasteiger partial charge is 0.357 e. The van der Waals surface area contributed by atoms with Crippen LogP contribution in [0.2, 0.25) is 0 Å². The summed E-state index contributed by atoms with van der Waals surface area (Å²) >= 11 is 0. The van der Waals surface area contributed by atoms with E-state index in [1.807, 2.05) is 11.9 Å². The first-order valence-electron chi connectivity index (χ1n) is 6.73. The van der Waals surface area contributed by atoms with E-state index in [9.17, 15) is 4.79 Å². The standard InChI is InChI=1S/C15H17N3O/c1-17-8-13-14-10(7-12(15(17)19)18(13)2)9-5-3-4-6-11(9)16-14/h3-6,12-13,16H,7-8H2,1-2H3. The number of carbonyl (C=O) groups excluding carboxylic acids is 1. The molecule has 1 N–H and O–H groups in total. The summed E-state index contributed by atoms with van der Waals surface area (Å²) in [7, 11) is 3.97. The molecule has 1 fully saturated rings. The van der Waals surface area contributed by atoms with Crippen molar-refractivity contribution in [1.29, 1.82) is 0 Å². The molecule has 2 unspecified atom stereocenters. The molecule has 0 aliphatic carbocycles. The second-order valence-electron chi connectivity index (χ2n) is 5.68. The predicted molar refractivity (Wildman–Crippen MR) is 73.9 cm³/mol. The lowest BCUT2D eigenvalue weighted by atomic mass is 9.88. The van der Waals surface area contributed by atoms with Crippen molar-refractivity contribution in [3.63, 3.8) is 0 Å². The second-order valence-corrected chi connectivity index (χ2v) is 5.68. The molecule has 4 nitrogen and oxygen atoms in total. The summed E-state index contributed by atoms with van der Waals surface area (Å²) in [4.78, 5) is 19.9. The van der Waals surface area contributed by atoms with E-state index < -0.39 is 0 Å². The summed E-state index contributed by atoms with van der Waals surface area (Å²) in [6.45, 7) is 0.769. The Hall–Kier alpha value is -1.81. The first kappa shape index (κ1) is 11.1. The third-order valence-corrected chi connectivity index (χ3v) is 4.67. The van der Waals surface area contributed by atoms with Gasteiger partial charge in [0, 0.05) is 30.2 Å². The van der Waals surface area contributed by atoms with Gasteiger partial charge in [0.25, 0.3) is 0 Å². The first-order chi connectivity index (χ1) is 9.16. The number of rotatable bonds is 0. The minimum Gasteiger partial charge on any atom is -0.357 e. The number of hydrogen-bond acceptors (Lipinski definition) is 2. The van der Waals surface area contributed by atoms with Gasteiger partial charge in [0.1, 0.15) is 0 Å². The highest BCUT2D eigenvalue weighted by atomic mass is 16.2. The number of fused-ring (bicyclic) bond motifs is 6. The van der Waals surface area contributed by atoms with Gasteiger partial charge in [0.05, 0.1) is 12.1 Å². The molecule has 2 aliphatic heterocycles. The lowest BCUT2D eigenvalue weighted by Gasteiger charge is -2.46. The summed E-state index contributed by atoms with van der Waals surface area (Å²) in [5.41, 5.74) is 3.81. The molecule has 0 radical (unpaired) electrons. The molecule has 98 valence electrons. The maximum Gasteiger partial charge on any atom is 0.240 e. The quantitative estimate of drug-likeness (QED) is 0.775. The van der Waals surface area contributed by atoms with E-state index in [0.717, 1.165) is 13.0 Å². The molecule has 3 heterocycles. The Bertz CT molecular complexity index is 675. The van der Waals surface area contributed by atoms with Crippen molar-refractivity contribution in [1.82, 2.24) is 14.8 Å². The minimum atomic E-state index is -0.00421. The van der Waals surface area contributed by atoms with Crippen LogP contribution in [0.15, 0.2) is 24.3 Å². The fourth-order valence-electron chi connectivity index (χ4n) is 3.57. The number of benzene rings is 1. The Balaban J connectivity index is 1.95. The highest BCUT2D eigenvalue weighted by Gasteiger charge is 2.43. The van der Waals surface area contributed by atoms with Crippen LogP contribution in [0.25, 0.3) is 10.9 Å². The minimum absolute atomic E-state index is 0.00421. The van der Waals surface area contributed by atoms with Gasteiger partial charge in [-0.05, 0) is 25.1 Å². The number of amides is 1. The molecular formula is C15H17N3O. The highest BCUT2D eigenvalue weighted by molar-refractivity contribution is 5.89. The molecule has 4 rings (SSSR count). The molecule has 1 aromatic carbocycles. The van der Waals surface area contributed by atoms with Gasteiger partial charge >= 0.3 is 0 Å². The fourth-order valence-corrected chi connectivity index (χ4v) is 3.57. The Morgan fingerprint density at radius 1 is 1.21 bits per heavy atom. The molecule has 1 aromatic heterocycles. The number of nitrogens with zero attached hydrogens (tertiary/aromatic N) is 2. The van der Waals surface area contributed by atoms with Gasteiger partial charge < -0.3 is 9.88 Å². The Labute approximate surface area is 112 Å². The highest BCUT2D eigenvalue weighted by Crippen LogP contribution is 2.39. The van der Waals surface area contributed by atoms with E-state index in [-0.39, 0.29) is 11.9 Å². The zero-order valence-corrected chi connectivity index (χ0v) is 11.2. The van der Waals surface area contributed by atoms with Crippen molar-refractivity contribution < 1.29 is 4.79 Å². The number of H-pyrrole nitrogens is 1. The molecule has 1 saturated heterocycles. The number of para-hydroxylation sites is 1. The lowest BCUT2D eigenvalue weighted by molar-refractivity contribution is -0.143. The predicted octanol–water partition coefficient (Wildman–Crippen LogP) is 1.54. The number of aromatic nitrogens is 1. The maximum atomic E-state index is 12.3. The summed E-state index contributed by atoms with van der Waals surface area (Å²) in [5.74, 6) is 0.245.